The van der Waals surface area contributed by atoms with Crippen LogP contribution in [0.25, 0.3) is 16.9 Å². The molecule has 0 fully saturated rings. The van der Waals surface area contributed by atoms with Gasteiger partial charge in [0.05, 0.1) is 31.2 Å². The molecule has 1 heterocycles. The van der Waals surface area contributed by atoms with Gasteiger partial charge in [-0.15, -0.1) is 0 Å². The Morgan fingerprint density at radius 2 is 1.84 bits per heavy atom. The summed E-state index contributed by atoms with van der Waals surface area (Å²) in [5, 5.41) is 4.78. The average Bonchev–Trinajstić information content (AvgIpc) is 3.16. The Morgan fingerprint density at radius 3 is 2.52 bits per heavy atom. The molecule has 1 aromatic heterocycles. The second-order valence-corrected chi connectivity index (χ2v) is 8.15. The molecule has 0 aliphatic heterocycles. The largest absolute Gasteiger partial charge is 0.494 e. The zero-order valence-corrected chi connectivity index (χ0v) is 19.0. The van der Waals surface area contributed by atoms with E-state index in [1.54, 1.807) is 21.0 Å². The van der Waals surface area contributed by atoms with E-state index in [0.29, 0.717) is 11.4 Å². The highest BCUT2D eigenvalue weighted by molar-refractivity contribution is 5.83. The summed E-state index contributed by atoms with van der Waals surface area (Å²) >= 11 is 0. The molecule has 31 heavy (non-hydrogen) atoms. The Bertz CT molecular complexity index is 1050. The Balaban J connectivity index is 2.06. The molecule has 0 atom stereocenters. The highest BCUT2D eigenvalue weighted by Crippen LogP contribution is 2.31. The van der Waals surface area contributed by atoms with E-state index in [9.17, 15) is 4.79 Å². The summed E-state index contributed by atoms with van der Waals surface area (Å²) in [4.78, 5) is 11.8. The SMILES string of the molecule is COc1ccccc1-n1nc(COC(C)(C)C(C)=O)cc1-c1cccc(OC(C)C)c1. The van der Waals surface area contributed by atoms with Crippen molar-refractivity contribution in [3.63, 3.8) is 0 Å². The number of Topliss-reactive ketones (excluding diaryl/α,β-unsaturated/α-hetero) is 1. The van der Waals surface area contributed by atoms with Gasteiger partial charge in [0.25, 0.3) is 0 Å². The van der Waals surface area contributed by atoms with Gasteiger partial charge in [0.2, 0.25) is 0 Å². The number of carbonyl (C=O) groups is 1. The minimum atomic E-state index is -0.876. The van der Waals surface area contributed by atoms with E-state index >= 15 is 0 Å². The van der Waals surface area contributed by atoms with Gasteiger partial charge in [-0.2, -0.15) is 5.10 Å². The highest BCUT2D eigenvalue weighted by Gasteiger charge is 2.25. The van der Waals surface area contributed by atoms with E-state index in [4.69, 9.17) is 19.3 Å². The Labute approximate surface area is 183 Å². The van der Waals surface area contributed by atoms with Crippen LogP contribution < -0.4 is 9.47 Å². The van der Waals surface area contributed by atoms with Crippen LogP contribution in [0.15, 0.2) is 54.6 Å². The van der Waals surface area contributed by atoms with Gasteiger partial charge >= 0.3 is 0 Å². The maximum Gasteiger partial charge on any atom is 0.161 e. The van der Waals surface area contributed by atoms with Crippen molar-refractivity contribution < 1.29 is 19.0 Å². The monoisotopic (exact) mass is 422 g/mol. The van der Waals surface area contributed by atoms with Crippen molar-refractivity contribution in [3.05, 3.63) is 60.3 Å². The molecule has 6 heteroatoms. The first kappa shape index (κ1) is 22.6. The lowest BCUT2D eigenvalue weighted by atomic mass is 10.1. The smallest absolute Gasteiger partial charge is 0.161 e. The van der Waals surface area contributed by atoms with Gasteiger partial charge in [0.1, 0.15) is 22.8 Å². The van der Waals surface area contributed by atoms with Crippen LogP contribution in [-0.4, -0.2) is 34.4 Å². The van der Waals surface area contributed by atoms with Gasteiger partial charge in [-0.25, -0.2) is 4.68 Å². The van der Waals surface area contributed by atoms with Crippen molar-refractivity contribution in [2.24, 2.45) is 0 Å². The van der Waals surface area contributed by atoms with Gasteiger partial charge in [0, 0.05) is 5.56 Å². The normalized spacial score (nSPS) is 11.6. The molecule has 0 bridgehead atoms. The van der Waals surface area contributed by atoms with Crippen LogP contribution >= 0.6 is 0 Å². The van der Waals surface area contributed by atoms with Gasteiger partial charge in [0.15, 0.2) is 5.78 Å². The van der Waals surface area contributed by atoms with E-state index in [1.807, 2.05) is 73.1 Å². The van der Waals surface area contributed by atoms with Gasteiger partial charge in [-0.05, 0) is 65.0 Å². The number of hydrogen-bond acceptors (Lipinski definition) is 5. The number of benzene rings is 2. The van der Waals surface area contributed by atoms with Crippen molar-refractivity contribution >= 4 is 5.78 Å². The molecular weight excluding hydrogens is 392 g/mol. The minimum absolute atomic E-state index is 0.0320. The molecule has 2 aromatic carbocycles. The maximum atomic E-state index is 11.8. The first-order valence-corrected chi connectivity index (χ1v) is 10.4. The third kappa shape index (κ3) is 5.33. The zero-order valence-electron chi connectivity index (χ0n) is 19.0. The van der Waals surface area contributed by atoms with E-state index in [0.717, 1.165) is 22.7 Å². The number of hydrogen-bond donors (Lipinski definition) is 0. The fourth-order valence-corrected chi connectivity index (χ4v) is 3.05. The lowest BCUT2D eigenvalue weighted by Crippen LogP contribution is -2.32. The zero-order chi connectivity index (χ0) is 22.6. The predicted molar refractivity (Wildman–Crippen MR) is 121 cm³/mol. The van der Waals surface area contributed by atoms with Crippen LogP contribution in [-0.2, 0) is 16.1 Å². The first-order chi connectivity index (χ1) is 14.7. The third-order valence-electron chi connectivity index (χ3n) is 5.00. The second-order valence-electron chi connectivity index (χ2n) is 8.15. The van der Waals surface area contributed by atoms with Crippen molar-refractivity contribution in [2.75, 3.05) is 7.11 Å². The van der Waals surface area contributed by atoms with Gasteiger partial charge in [-0.3, -0.25) is 4.79 Å². The van der Waals surface area contributed by atoms with Crippen molar-refractivity contribution in [3.8, 4) is 28.4 Å². The van der Waals surface area contributed by atoms with Gasteiger partial charge < -0.3 is 14.2 Å². The molecule has 164 valence electrons. The summed E-state index contributed by atoms with van der Waals surface area (Å²) in [6.45, 7) is 9.26. The molecular formula is C25H30N2O4. The van der Waals surface area contributed by atoms with E-state index in [-0.39, 0.29) is 18.5 Å². The lowest BCUT2D eigenvalue weighted by molar-refractivity contribution is -0.139. The Kier molecular flexibility index (Phi) is 6.81. The van der Waals surface area contributed by atoms with Crippen molar-refractivity contribution in [2.45, 2.75) is 52.9 Å². The fourth-order valence-electron chi connectivity index (χ4n) is 3.05. The quantitative estimate of drug-likeness (QED) is 0.473. The number of aromatic nitrogens is 2. The van der Waals surface area contributed by atoms with Crippen molar-refractivity contribution in [1.29, 1.82) is 0 Å². The van der Waals surface area contributed by atoms with Gasteiger partial charge in [-0.1, -0.05) is 24.3 Å². The van der Waals surface area contributed by atoms with E-state index in [2.05, 4.69) is 0 Å². The first-order valence-electron chi connectivity index (χ1n) is 10.4. The van der Waals surface area contributed by atoms with Crippen LogP contribution in [0.3, 0.4) is 0 Å². The fraction of sp³-hybridized carbons (Fsp3) is 0.360. The highest BCUT2D eigenvalue weighted by atomic mass is 16.5. The summed E-state index contributed by atoms with van der Waals surface area (Å²) in [7, 11) is 1.64. The standard InChI is InChI=1S/C25H30N2O4/c1-17(2)31-21-11-9-10-19(14-21)23-15-20(16-30-25(4,5)18(3)28)26-27(23)22-12-7-8-13-24(22)29-6/h7-15,17H,16H2,1-6H3. The Morgan fingerprint density at radius 1 is 1.10 bits per heavy atom. The number of ether oxygens (including phenoxy) is 3. The van der Waals surface area contributed by atoms with Crippen molar-refractivity contribution in [1.82, 2.24) is 9.78 Å². The molecule has 0 aliphatic rings. The topological polar surface area (TPSA) is 62.6 Å². The molecule has 3 aromatic rings. The minimum Gasteiger partial charge on any atom is -0.494 e. The Hall–Kier alpha value is -3.12. The summed E-state index contributed by atoms with van der Waals surface area (Å²) in [6.07, 6.45) is 0.0761. The van der Waals surface area contributed by atoms with Crippen LogP contribution in [0.5, 0.6) is 11.5 Å². The summed E-state index contributed by atoms with van der Waals surface area (Å²) in [5.41, 5.74) is 2.48. The summed E-state index contributed by atoms with van der Waals surface area (Å²) in [6, 6.07) is 17.6. The molecule has 0 saturated heterocycles. The number of para-hydroxylation sites is 2. The lowest BCUT2D eigenvalue weighted by Gasteiger charge is -2.21. The van der Waals surface area contributed by atoms with Crippen LogP contribution in [0, 0.1) is 0 Å². The summed E-state index contributed by atoms with van der Waals surface area (Å²) in [5.74, 6) is 1.46. The number of carbonyl (C=O) groups excluding carboxylic acids is 1. The molecule has 3 rings (SSSR count). The molecule has 0 aliphatic carbocycles. The number of methoxy groups -OCH3 is 1. The van der Waals surface area contributed by atoms with E-state index in [1.165, 1.54) is 6.92 Å². The number of nitrogens with zero attached hydrogens (tertiary/aromatic N) is 2. The molecule has 0 spiro atoms. The second kappa shape index (κ2) is 9.35. The summed E-state index contributed by atoms with van der Waals surface area (Å²) < 4.78 is 19.1. The molecule has 0 N–H and O–H groups in total. The third-order valence-corrected chi connectivity index (χ3v) is 5.00. The van der Waals surface area contributed by atoms with Crippen LogP contribution in [0.4, 0.5) is 0 Å². The number of rotatable bonds is 9. The molecule has 0 amide bonds. The predicted octanol–water partition coefficient (Wildman–Crippen LogP) is 5.22. The maximum absolute atomic E-state index is 11.8. The average molecular weight is 423 g/mol. The van der Waals surface area contributed by atoms with Crippen LogP contribution in [0.1, 0.15) is 40.3 Å². The van der Waals surface area contributed by atoms with E-state index < -0.39 is 5.60 Å². The molecule has 0 radical (unpaired) electrons. The molecule has 0 saturated carbocycles. The van der Waals surface area contributed by atoms with Crippen LogP contribution in [0.2, 0.25) is 0 Å². The number of ketones is 1. The molecule has 0 unspecified atom stereocenters. The molecule has 6 nitrogen and oxygen atoms in total.